The van der Waals surface area contributed by atoms with E-state index in [2.05, 4.69) is 10.1 Å². The predicted molar refractivity (Wildman–Crippen MR) is 69.7 cm³/mol. The summed E-state index contributed by atoms with van der Waals surface area (Å²) in [7, 11) is 0. The van der Waals surface area contributed by atoms with Gasteiger partial charge in [-0.1, -0.05) is 23.2 Å². The van der Waals surface area contributed by atoms with Crippen molar-refractivity contribution >= 4 is 23.2 Å². The fourth-order valence-electron chi connectivity index (χ4n) is 2.04. The molecule has 0 aliphatic carbocycles. The molecule has 2 aromatic heterocycles. The minimum absolute atomic E-state index is 0.0593. The van der Waals surface area contributed by atoms with Gasteiger partial charge in [0.1, 0.15) is 5.15 Å². The van der Waals surface area contributed by atoms with E-state index in [0.717, 1.165) is 11.8 Å². The van der Waals surface area contributed by atoms with Crippen molar-refractivity contribution in [2.24, 2.45) is 0 Å². The molecule has 0 bridgehead atoms. The SMILES string of the molecule is FC(F)(F)c1cnc(-n2nc3c(c2Cl)COCC3)c(Cl)c1. The molecule has 21 heavy (non-hydrogen) atoms. The Kier molecular flexibility index (Phi) is 3.59. The lowest BCUT2D eigenvalue weighted by atomic mass is 10.2. The van der Waals surface area contributed by atoms with E-state index in [9.17, 15) is 13.2 Å². The van der Waals surface area contributed by atoms with Crippen molar-refractivity contribution in [3.63, 3.8) is 0 Å². The van der Waals surface area contributed by atoms with E-state index in [1.807, 2.05) is 0 Å². The van der Waals surface area contributed by atoms with E-state index in [4.69, 9.17) is 27.9 Å². The molecular weight excluding hydrogens is 330 g/mol. The van der Waals surface area contributed by atoms with Crippen LogP contribution in [0.15, 0.2) is 12.3 Å². The maximum absolute atomic E-state index is 12.6. The number of aromatic nitrogens is 3. The summed E-state index contributed by atoms with van der Waals surface area (Å²) in [6.07, 6.45) is -3.22. The maximum atomic E-state index is 12.6. The molecule has 0 radical (unpaired) electrons. The van der Waals surface area contributed by atoms with Crippen molar-refractivity contribution in [2.45, 2.75) is 19.2 Å². The number of ether oxygens (including phenoxy) is 1. The van der Waals surface area contributed by atoms with Gasteiger partial charge in [0.15, 0.2) is 5.82 Å². The van der Waals surface area contributed by atoms with Gasteiger partial charge in [0.05, 0.1) is 29.5 Å². The molecule has 0 spiro atoms. The van der Waals surface area contributed by atoms with Crippen molar-refractivity contribution in [1.82, 2.24) is 14.8 Å². The number of nitrogens with zero attached hydrogens (tertiary/aromatic N) is 3. The third-order valence-corrected chi connectivity index (χ3v) is 3.75. The lowest BCUT2D eigenvalue weighted by molar-refractivity contribution is -0.137. The Bertz CT molecular complexity index is 700. The standard InChI is InChI=1S/C12H8Cl2F3N3O/c13-8-3-6(12(15,16)17)4-18-11(8)20-10(14)7-5-21-2-1-9(7)19-20/h3-4H,1-2,5H2. The molecule has 112 valence electrons. The number of hydrogen-bond donors (Lipinski definition) is 0. The Labute approximate surface area is 127 Å². The molecule has 0 fully saturated rings. The van der Waals surface area contributed by atoms with E-state index in [0.29, 0.717) is 31.4 Å². The zero-order valence-corrected chi connectivity index (χ0v) is 11.9. The van der Waals surface area contributed by atoms with Gasteiger partial charge in [0.2, 0.25) is 0 Å². The van der Waals surface area contributed by atoms with Crippen molar-refractivity contribution in [3.05, 3.63) is 39.3 Å². The highest BCUT2D eigenvalue weighted by Crippen LogP contribution is 2.34. The second kappa shape index (κ2) is 5.15. The third kappa shape index (κ3) is 2.61. The van der Waals surface area contributed by atoms with Gasteiger partial charge in [-0.25, -0.2) is 9.67 Å². The molecule has 9 heteroatoms. The van der Waals surface area contributed by atoms with Crippen LogP contribution in [0.5, 0.6) is 0 Å². The number of alkyl halides is 3. The summed E-state index contributed by atoms with van der Waals surface area (Å²) in [6, 6.07) is 0.803. The van der Waals surface area contributed by atoms with E-state index in [1.165, 1.54) is 4.68 Å². The highest BCUT2D eigenvalue weighted by molar-refractivity contribution is 6.33. The number of hydrogen-bond acceptors (Lipinski definition) is 3. The Morgan fingerprint density at radius 1 is 1.29 bits per heavy atom. The second-order valence-corrected chi connectivity index (χ2v) is 5.22. The summed E-state index contributed by atoms with van der Waals surface area (Å²) in [5, 5.41) is 4.33. The van der Waals surface area contributed by atoms with Gasteiger partial charge >= 0.3 is 6.18 Å². The first-order chi connectivity index (χ1) is 9.88. The monoisotopic (exact) mass is 337 g/mol. The molecule has 4 nitrogen and oxygen atoms in total. The van der Waals surface area contributed by atoms with Crippen LogP contribution in [-0.4, -0.2) is 21.4 Å². The van der Waals surface area contributed by atoms with Crippen molar-refractivity contribution in [1.29, 1.82) is 0 Å². The first kappa shape index (κ1) is 14.6. The zero-order valence-electron chi connectivity index (χ0n) is 10.4. The normalized spacial score (nSPS) is 15.1. The maximum Gasteiger partial charge on any atom is 0.417 e. The summed E-state index contributed by atoms with van der Waals surface area (Å²) < 4.78 is 44.3. The first-order valence-corrected chi connectivity index (χ1v) is 6.70. The molecule has 0 aromatic carbocycles. The van der Waals surface area contributed by atoms with Crippen LogP contribution in [0.2, 0.25) is 10.2 Å². The van der Waals surface area contributed by atoms with Gasteiger partial charge in [0, 0.05) is 18.2 Å². The Morgan fingerprint density at radius 3 is 2.67 bits per heavy atom. The number of fused-ring (bicyclic) bond motifs is 1. The zero-order chi connectivity index (χ0) is 15.2. The lowest BCUT2D eigenvalue weighted by Gasteiger charge is -2.10. The van der Waals surface area contributed by atoms with Crippen LogP contribution in [0.1, 0.15) is 16.8 Å². The number of pyridine rings is 1. The first-order valence-electron chi connectivity index (χ1n) is 5.95. The summed E-state index contributed by atoms with van der Waals surface area (Å²) in [5.41, 5.74) is 0.525. The van der Waals surface area contributed by atoms with Gasteiger partial charge in [0.25, 0.3) is 0 Å². The van der Waals surface area contributed by atoms with Crippen LogP contribution in [0.3, 0.4) is 0 Å². The Hall–Kier alpha value is -1.31. The minimum atomic E-state index is -4.50. The molecule has 0 N–H and O–H groups in total. The van der Waals surface area contributed by atoms with Gasteiger partial charge in [-0.3, -0.25) is 0 Å². The lowest BCUT2D eigenvalue weighted by Crippen LogP contribution is -2.09. The molecular formula is C12H8Cl2F3N3O. The van der Waals surface area contributed by atoms with Crippen LogP contribution >= 0.6 is 23.2 Å². The second-order valence-electron chi connectivity index (χ2n) is 4.46. The fourth-order valence-corrected chi connectivity index (χ4v) is 2.57. The van der Waals surface area contributed by atoms with Gasteiger partial charge in [-0.15, -0.1) is 0 Å². The number of halogens is 5. The minimum Gasteiger partial charge on any atom is -0.376 e. The van der Waals surface area contributed by atoms with Crippen molar-refractivity contribution < 1.29 is 17.9 Å². The Morgan fingerprint density at radius 2 is 2.05 bits per heavy atom. The molecule has 2 aromatic rings. The molecule has 1 aliphatic heterocycles. The molecule has 0 amide bonds. The highest BCUT2D eigenvalue weighted by Gasteiger charge is 2.32. The summed E-state index contributed by atoms with van der Waals surface area (Å²) in [4.78, 5) is 3.74. The van der Waals surface area contributed by atoms with Gasteiger partial charge < -0.3 is 4.74 Å². The molecule has 3 rings (SSSR count). The van der Waals surface area contributed by atoms with Crippen LogP contribution in [0, 0.1) is 0 Å². The van der Waals surface area contributed by atoms with Gasteiger partial charge in [-0.2, -0.15) is 18.3 Å². The fraction of sp³-hybridized carbons (Fsp3) is 0.333. The largest absolute Gasteiger partial charge is 0.417 e. The highest BCUT2D eigenvalue weighted by atomic mass is 35.5. The predicted octanol–water partition coefficient (Wildman–Crippen LogP) is 3.67. The van der Waals surface area contributed by atoms with E-state index >= 15 is 0 Å². The molecule has 0 unspecified atom stereocenters. The van der Waals surface area contributed by atoms with Gasteiger partial charge in [-0.05, 0) is 6.07 Å². The van der Waals surface area contributed by atoms with Crippen LogP contribution < -0.4 is 0 Å². The van der Waals surface area contributed by atoms with E-state index in [-0.39, 0.29) is 16.0 Å². The van der Waals surface area contributed by atoms with Crippen LogP contribution in [0.25, 0.3) is 5.82 Å². The molecule has 3 heterocycles. The average Bonchev–Trinajstić information content (AvgIpc) is 2.75. The van der Waals surface area contributed by atoms with Crippen LogP contribution in [-0.2, 0) is 23.9 Å². The van der Waals surface area contributed by atoms with E-state index in [1.54, 1.807) is 0 Å². The third-order valence-electron chi connectivity index (χ3n) is 3.08. The summed E-state index contributed by atoms with van der Waals surface area (Å²) in [6.45, 7) is 0.834. The van der Waals surface area contributed by atoms with Crippen LogP contribution in [0.4, 0.5) is 13.2 Å². The molecule has 0 saturated heterocycles. The number of rotatable bonds is 1. The summed E-state index contributed by atoms with van der Waals surface area (Å²) in [5.74, 6) is 0.0593. The average molecular weight is 338 g/mol. The Balaban J connectivity index is 2.07. The van der Waals surface area contributed by atoms with Crippen molar-refractivity contribution in [3.8, 4) is 5.82 Å². The topological polar surface area (TPSA) is 39.9 Å². The van der Waals surface area contributed by atoms with E-state index < -0.39 is 11.7 Å². The smallest absolute Gasteiger partial charge is 0.376 e. The molecule has 0 saturated carbocycles. The quantitative estimate of drug-likeness (QED) is 0.797. The van der Waals surface area contributed by atoms with Crippen molar-refractivity contribution in [2.75, 3.05) is 6.61 Å². The summed E-state index contributed by atoms with van der Waals surface area (Å²) >= 11 is 12.1. The molecule has 1 aliphatic rings. The molecule has 0 atom stereocenters.